The number of fused-ring (bicyclic) bond motifs is 2. The molecular formula is C20H22F4N6O. The number of hydrogen-bond donors (Lipinski definition) is 1. The molecule has 31 heavy (non-hydrogen) atoms. The van der Waals surface area contributed by atoms with Crippen LogP contribution >= 0.6 is 0 Å². The fourth-order valence-electron chi connectivity index (χ4n) is 4.36. The van der Waals surface area contributed by atoms with Crippen molar-refractivity contribution in [3.05, 3.63) is 29.6 Å². The Morgan fingerprint density at radius 2 is 1.90 bits per heavy atom. The first-order chi connectivity index (χ1) is 14.7. The van der Waals surface area contributed by atoms with Gasteiger partial charge in [0.1, 0.15) is 11.6 Å². The molecule has 1 aliphatic heterocycles. The number of halogens is 4. The van der Waals surface area contributed by atoms with Crippen LogP contribution in [-0.4, -0.2) is 38.8 Å². The van der Waals surface area contributed by atoms with Crippen molar-refractivity contribution in [2.24, 2.45) is 11.8 Å². The zero-order valence-electron chi connectivity index (χ0n) is 17.0. The summed E-state index contributed by atoms with van der Waals surface area (Å²) in [6.07, 6.45) is -0.618. The molecule has 1 saturated carbocycles. The lowest BCUT2D eigenvalue weighted by Gasteiger charge is -2.35. The summed E-state index contributed by atoms with van der Waals surface area (Å²) in [5.41, 5.74) is -1.40. The van der Waals surface area contributed by atoms with Gasteiger partial charge in [0.15, 0.2) is 6.19 Å². The first-order valence-electron chi connectivity index (χ1n) is 10.1. The van der Waals surface area contributed by atoms with E-state index in [9.17, 15) is 22.8 Å². The number of hydrogen-bond acceptors (Lipinski definition) is 6. The molecule has 2 fully saturated rings. The third-order valence-electron chi connectivity index (χ3n) is 5.81. The average molecular weight is 438 g/mol. The molecule has 0 amide bonds. The molecule has 1 aromatic heterocycles. The van der Waals surface area contributed by atoms with Gasteiger partial charge in [-0.15, -0.1) is 5.10 Å². The maximum absolute atomic E-state index is 13.6. The van der Waals surface area contributed by atoms with Crippen LogP contribution in [0, 0.1) is 29.1 Å². The number of nitrogens with one attached hydrogen (secondary N) is 1. The van der Waals surface area contributed by atoms with Gasteiger partial charge in [0, 0.05) is 19.1 Å². The number of benzene rings is 1. The minimum absolute atomic E-state index is 0.0130. The molecule has 2 aromatic rings. The van der Waals surface area contributed by atoms with Gasteiger partial charge in [-0.1, -0.05) is 0 Å². The topological polar surface area (TPSA) is 79.0 Å². The number of aromatic nitrogens is 3. The smallest absolute Gasteiger partial charge is 0.419 e. The van der Waals surface area contributed by atoms with Crippen molar-refractivity contribution >= 4 is 5.95 Å². The van der Waals surface area contributed by atoms with E-state index >= 15 is 0 Å². The van der Waals surface area contributed by atoms with Crippen molar-refractivity contribution in [3.63, 3.8) is 0 Å². The highest BCUT2D eigenvalue weighted by Gasteiger charge is 2.42. The molecule has 1 saturated heterocycles. The molecule has 1 aromatic carbocycles. The van der Waals surface area contributed by atoms with Crippen molar-refractivity contribution in [1.82, 2.24) is 19.7 Å². The number of nitriles is 1. The van der Waals surface area contributed by atoms with Crippen molar-refractivity contribution in [2.75, 3.05) is 18.4 Å². The monoisotopic (exact) mass is 438 g/mol. The van der Waals surface area contributed by atoms with Crippen molar-refractivity contribution < 1.29 is 22.3 Å². The third-order valence-corrected chi connectivity index (χ3v) is 5.81. The van der Waals surface area contributed by atoms with E-state index in [-0.39, 0.29) is 23.8 Å². The molecule has 4 rings (SSSR count). The number of nitrogens with zero attached hydrogens (tertiary/aromatic N) is 5. The van der Waals surface area contributed by atoms with Crippen LogP contribution < -0.4 is 10.1 Å². The van der Waals surface area contributed by atoms with Crippen LogP contribution in [0.4, 0.5) is 23.5 Å². The van der Waals surface area contributed by atoms with Crippen LogP contribution in [0.15, 0.2) is 18.2 Å². The van der Waals surface area contributed by atoms with Gasteiger partial charge >= 0.3 is 12.2 Å². The molecule has 0 spiro atoms. The lowest BCUT2D eigenvalue weighted by Crippen LogP contribution is -2.46. The van der Waals surface area contributed by atoms with E-state index in [1.165, 1.54) is 4.68 Å². The van der Waals surface area contributed by atoms with E-state index in [0.717, 1.165) is 18.9 Å². The van der Waals surface area contributed by atoms with Gasteiger partial charge in [-0.3, -0.25) is 0 Å². The highest BCUT2D eigenvalue weighted by Crippen LogP contribution is 2.39. The molecule has 2 aliphatic rings. The lowest BCUT2D eigenvalue weighted by atomic mass is 9.92. The van der Waals surface area contributed by atoms with Crippen molar-refractivity contribution in [1.29, 1.82) is 5.26 Å². The summed E-state index contributed by atoms with van der Waals surface area (Å²) in [4.78, 5) is 6.10. The molecule has 0 radical (unpaired) electrons. The van der Waals surface area contributed by atoms with E-state index in [1.807, 2.05) is 13.8 Å². The van der Waals surface area contributed by atoms with E-state index < -0.39 is 17.6 Å². The number of ether oxygens (including phenoxy) is 1. The zero-order chi connectivity index (χ0) is 22.3. The normalized spacial score (nSPS) is 23.2. The SMILES string of the molecule is CC(C)n1nc(NC2C3CCC2CN(C#N)C3)nc1Oc1ccc(F)c(C(F)(F)F)c1. The van der Waals surface area contributed by atoms with Crippen LogP contribution in [0.5, 0.6) is 11.8 Å². The van der Waals surface area contributed by atoms with Crippen LogP contribution in [0.3, 0.4) is 0 Å². The third kappa shape index (κ3) is 4.24. The minimum atomic E-state index is -4.83. The van der Waals surface area contributed by atoms with Gasteiger partial charge in [-0.2, -0.15) is 23.4 Å². The van der Waals surface area contributed by atoms with Gasteiger partial charge in [-0.05, 0) is 56.7 Å². The first kappa shape index (κ1) is 21.2. The molecule has 1 N–H and O–H groups in total. The van der Waals surface area contributed by atoms with E-state index in [0.29, 0.717) is 43.0 Å². The Hall–Kier alpha value is -3.03. The Bertz CT molecular complexity index is 985. The lowest BCUT2D eigenvalue weighted by molar-refractivity contribution is -0.140. The Balaban J connectivity index is 1.56. The van der Waals surface area contributed by atoms with Crippen LogP contribution in [0.25, 0.3) is 0 Å². The maximum Gasteiger partial charge on any atom is 0.419 e. The minimum Gasteiger partial charge on any atom is -0.424 e. The second kappa shape index (κ2) is 7.90. The summed E-state index contributed by atoms with van der Waals surface area (Å²) in [5, 5.41) is 16.9. The predicted molar refractivity (Wildman–Crippen MR) is 103 cm³/mol. The number of piperidine rings is 1. The summed E-state index contributed by atoms with van der Waals surface area (Å²) in [5.74, 6) is -0.654. The predicted octanol–water partition coefficient (Wildman–Crippen LogP) is 4.41. The van der Waals surface area contributed by atoms with E-state index in [4.69, 9.17) is 4.74 Å². The van der Waals surface area contributed by atoms with E-state index in [2.05, 4.69) is 21.6 Å². The Kier molecular flexibility index (Phi) is 5.41. The molecule has 2 heterocycles. The quantitative estimate of drug-likeness (QED) is 0.550. The van der Waals surface area contributed by atoms with Crippen LogP contribution in [0.2, 0.25) is 0 Å². The Morgan fingerprint density at radius 3 is 2.48 bits per heavy atom. The molecule has 7 nitrogen and oxygen atoms in total. The van der Waals surface area contributed by atoms with Crippen molar-refractivity contribution in [2.45, 2.75) is 44.9 Å². The highest BCUT2D eigenvalue weighted by atomic mass is 19.4. The van der Waals surface area contributed by atoms with Gasteiger partial charge in [0.2, 0.25) is 5.95 Å². The molecule has 11 heteroatoms. The fraction of sp³-hybridized carbons (Fsp3) is 0.550. The summed E-state index contributed by atoms with van der Waals surface area (Å²) in [6, 6.07) is 2.41. The number of alkyl halides is 3. The molecule has 1 aliphatic carbocycles. The van der Waals surface area contributed by atoms with Gasteiger partial charge in [0.25, 0.3) is 0 Å². The highest BCUT2D eigenvalue weighted by molar-refractivity contribution is 5.35. The first-order valence-corrected chi connectivity index (χ1v) is 10.1. The Labute approximate surface area is 176 Å². The van der Waals surface area contributed by atoms with E-state index in [1.54, 1.807) is 4.90 Å². The number of rotatable bonds is 5. The second-order valence-electron chi connectivity index (χ2n) is 8.27. The summed E-state index contributed by atoms with van der Waals surface area (Å²) >= 11 is 0. The molecule has 2 unspecified atom stereocenters. The number of likely N-dealkylation sites (tertiary alicyclic amines) is 1. The molecule has 2 bridgehead atoms. The summed E-state index contributed by atoms with van der Waals surface area (Å²) < 4.78 is 59.6. The molecule has 2 atom stereocenters. The summed E-state index contributed by atoms with van der Waals surface area (Å²) in [6.45, 7) is 5.03. The standard InChI is InChI=1S/C20H22F4N6O/c1-11(2)30-19(31-14-5-6-16(21)15(7-14)20(22,23)24)27-18(28-30)26-17-12-3-4-13(17)9-29(8-12)10-25/h5-7,11-13,17H,3-4,8-9H2,1-2H3,(H,26,28). The summed E-state index contributed by atoms with van der Waals surface area (Å²) in [7, 11) is 0. The second-order valence-corrected chi connectivity index (χ2v) is 8.27. The maximum atomic E-state index is 13.6. The van der Waals surface area contributed by atoms with Crippen molar-refractivity contribution in [3.8, 4) is 18.0 Å². The Morgan fingerprint density at radius 1 is 1.23 bits per heavy atom. The zero-order valence-corrected chi connectivity index (χ0v) is 17.0. The average Bonchev–Trinajstić information content (AvgIpc) is 3.19. The fourth-order valence-corrected chi connectivity index (χ4v) is 4.36. The molecule has 166 valence electrons. The largest absolute Gasteiger partial charge is 0.424 e. The molecular weight excluding hydrogens is 416 g/mol. The van der Waals surface area contributed by atoms with Crippen LogP contribution in [-0.2, 0) is 6.18 Å². The van der Waals surface area contributed by atoms with Gasteiger partial charge < -0.3 is 15.0 Å². The van der Waals surface area contributed by atoms with Gasteiger partial charge in [0.05, 0.1) is 11.6 Å². The van der Waals surface area contributed by atoms with Gasteiger partial charge in [-0.25, -0.2) is 9.07 Å². The van der Waals surface area contributed by atoms with Crippen LogP contribution in [0.1, 0.15) is 38.3 Å². The number of anilines is 1.